The normalized spacial score (nSPS) is 28.7. The summed E-state index contributed by atoms with van der Waals surface area (Å²) >= 11 is 0. The lowest BCUT2D eigenvalue weighted by Crippen LogP contribution is -2.21. The van der Waals surface area contributed by atoms with Crippen LogP contribution in [0.15, 0.2) is 11.6 Å². The molecule has 0 heterocycles. The molecule has 68 valence electrons. The summed E-state index contributed by atoms with van der Waals surface area (Å²) in [5.74, 6) is -1.34. The third-order valence-corrected chi connectivity index (χ3v) is 2.14. The molecule has 0 radical (unpaired) electrons. The number of rotatable bonds is 3. The Hall–Kier alpha value is -0.870. The highest BCUT2D eigenvalue weighted by atomic mass is 16.4. The van der Waals surface area contributed by atoms with Crippen LogP contribution in [0.4, 0.5) is 0 Å². The first-order valence-electron chi connectivity index (χ1n) is 3.84. The molecule has 2 atom stereocenters. The van der Waals surface area contributed by atoms with E-state index in [0.717, 1.165) is 0 Å². The van der Waals surface area contributed by atoms with Gasteiger partial charge in [-0.15, -0.1) is 0 Å². The Kier molecular flexibility index (Phi) is 2.83. The average molecular weight is 172 g/mol. The maximum Gasteiger partial charge on any atom is 0.304 e. The van der Waals surface area contributed by atoms with Crippen molar-refractivity contribution in [3.05, 3.63) is 11.6 Å². The molecule has 12 heavy (non-hydrogen) atoms. The highest BCUT2D eigenvalue weighted by molar-refractivity contribution is 5.67. The van der Waals surface area contributed by atoms with E-state index < -0.39 is 18.0 Å². The average Bonchev–Trinajstić information content (AvgIpc) is 2.32. The van der Waals surface area contributed by atoms with Gasteiger partial charge in [-0.2, -0.15) is 0 Å². The molecule has 0 aromatic rings. The Morgan fingerprint density at radius 2 is 2.33 bits per heavy atom. The summed E-state index contributed by atoms with van der Waals surface area (Å²) < 4.78 is 0. The maximum absolute atomic E-state index is 10.3. The van der Waals surface area contributed by atoms with E-state index in [9.17, 15) is 9.90 Å². The number of aliphatic carboxylic acids is 1. The van der Waals surface area contributed by atoms with Crippen molar-refractivity contribution >= 4 is 5.97 Å². The van der Waals surface area contributed by atoms with Gasteiger partial charge in [-0.25, -0.2) is 0 Å². The molecule has 1 rings (SSSR count). The molecule has 0 aromatic heterocycles. The van der Waals surface area contributed by atoms with Gasteiger partial charge in [0.25, 0.3) is 0 Å². The Labute approximate surface area is 70.1 Å². The van der Waals surface area contributed by atoms with E-state index in [1.807, 2.05) is 0 Å². The van der Waals surface area contributed by atoms with E-state index in [1.165, 1.54) is 0 Å². The fourth-order valence-corrected chi connectivity index (χ4v) is 1.47. The topological polar surface area (TPSA) is 77.8 Å². The van der Waals surface area contributed by atoms with Crippen LogP contribution in [0.5, 0.6) is 0 Å². The van der Waals surface area contributed by atoms with E-state index in [4.69, 9.17) is 10.2 Å². The molecule has 1 aliphatic carbocycles. The Morgan fingerprint density at radius 1 is 1.67 bits per heavy atom. The van der Waals surface area contributed by atoms with Gasteiger partial charge in [0.1, 0.15) is 0 Å². The minimum absolute atomic E-state index is 0.104. The maximum atomic E-state index is 10.3. The van der Waals surface area contributed by atoms with Gasteiger partial charge < -0.3 is 15.3 Å². The minimum Gasteiger partial charge on any atom is -0.481 e. The van der Waals surface area contributed by atoms with Gasteiger partial charge in [0.2, 0.25) is 0 Å². The third-order valence-electron chi connectivity index (χ3n) is 2.14. The van der Waals surface area contributed by atoms with Crippen molar-refractivity contribution in [3.63, 3.8) is 0 Å². The van der Waals surface area contributed by atoms with Crippen LogP contribution < -0.4 is 0 Å². The lowest BCUT2D eigenvalue weighted by Gasteiger charge is -2.14. The third kappa shape index (κ3) is 1.84. The van der Waals surface area contributed by atoms with Crippen molar-refractivity contribution in [1.82, 2.24) is 0 Å². The molecule has 3 N–H and O–H groups in total. The second-order valence-electron chi connectivity index (χ2n) is 2.94. The first kappa shape index (κ1) is 9.22. The van der Waals surface area contributed by atoms with Crippen LogP contribution in [0, 0.1) is 5.92 Å². The van der Waals surface area contributed by atoms with Crippen molar-refractivity contribution in [3.8, 4) is 0 Å². The van der Waals surface area contributed by atoms with Crippen LogP contribution in [-0.4, -0.2) is 34.0 Å². The standard InChI is InChI=1S/C8H12O4/c9-4-5-1-2-7(10)6(5)3-8(11)12/h1,6-7,9-10H,2-4H2,(H,11,12). The smallest absolute Gasteiger partial charge is 0.304 e. The van der Waals surface area contributed by atoms with Gasteiger partial charge in [-0.05, 0) is 12.0 Å². The number of carboxylic acid groups (broad SMARTS) is 1. The molecular formula is C8H12O4. The van der Waals surface area contributed by atoms with Gasteiger partial charge in [0.15, 0.2) is 0 Å². The molecular weight excluding hydrogens is 160 g/mol. The fraction of sp³-hybridized carbons (Fsp3) is 0.625. The zero-order valence-electron chi connectivity index (χ0n) is 6.60. The van der Waals surface area contributed by atoms with Gasteiger partial charge in [0, 0.05) is 5.92 Å². The zero-order chi connectivity index (χ0) is 9.14. The summed E-state index contributed by atoms with van der Waals surface area (Å²) in [6.07, 6.45) is 1.42. The van der Waals surface area contributed by atoms with Crippen LogP contribution in [-0.2, 0) is 4.79 Å². The molecule has 2 unspecified atom stereocenters. The Bertz CT molecular complexity index is 209. The number of carbonyl (C=O) groups is 1. The second-order valence-corrected chi connectivity index (χ2v) is 2.94. The molecule has 0 aliphatic heterocycles. The van der Waals surface area contributed by atoms with E-state index in [2.05, 4.69) is 0 Å². The van der Waals surface area contributed by atoms with Crippen molar-refractivity contribution in [2.75, 3.05) is 6.61 Å². The lowest BCUT2D eigenvalue weighted by atomic mass is 9.96. The molecule has 0 spiro atoms. The van der Waals surface area contributed by atoms with Crippen LogP contribution in [0.2, 0.25) is 0 Å². The summed E-state index contributed by atoms with van der Waals surface area (Å²) in [5, 5.41) is 26.6. The summed E-state index contributed by atoms with van der Waals surface area (Å²) in [5.41, 5.74) is 0.643. The minimum atomic E-state index is -0.944. The lowest BCUT2D eigenvalue weighted by molar-refractivity contribution is -0.138. The molecule has 0 bridgehead atoms. The van der Waals surface area contributed by atoms with Crippen LogP contribution in [0.1, 0.15) is 12.8 Å². The highest BCUT2D eigenvalue weighted by Crippen LogP contribution is 2.28. The van der Waals surface area contributed by atoms with Crippen molar-refractivity contribution in [2.24, 2.45) is 5.92 Å². The summed E-state index contributed by atoms with van der Waals surface area (Å²) in [7, 11) is 0. The predicted octanol–water partition coefficient (Wildman–Crippen LogP) is -0.239. The largest absolute Gasteiger partial charge is 0.481 e. The molecule has 0 aromatic carbocycles. The zero-order valence-corrected chi connectivity index (χ0v) is 6.60. The van der Waals surface area contributed by atoms with Crippen LogP contribution >= 0.6 is 0 Å². The summed E-state index contributed by atoms with van der Waals surface area (Å²) in [4.78, 5) is 10.3. The number of hydrogen-bond acceptors (Lipinski definition) is 3. The van der Waals surface area contributed by atoms with E-state index in [0.29, 0.717) is 12.0 Å². The molecule has 0 saturated heterocycles. The monoisotopic (exact) mass is 172 g/mol. The van der Waals surface area contributed by atoms with E-state index in [1.54, 1.807) is 6.08 Å². The van der Waals surface area contributed by atoms with Crippen molar-refractivity contribution < 1.29 is 20.1 Å². The molecule has 0 saturated carbocycles. The molecule has 4 heteroatoms. The Balaban J connectivity index is 2.60. The predicted molar refractivity (Wildman–Crippen MR) is 41.5 cm³/mol. The van der Waals surface area contributed by atoms with Gasteiger partial charge >= 0.3 is 5.97 Å². The fourth-order valence-electron chi connectivity index (χ4n) is 1.47. The van der Waals surface area contributed by atoms with Gasteiger partial charge in [-0.1, -0.05) is 6.08 Å². The molecule has 1 aliphatic rings. The number of carboxylic acids is 1. The van der Waals surface area contributed by atoms with Crippen LogP contribution in [0.25, 0.3) is 0 Å². The Morgan fingerprint density at radius 3 is 2.83 bits per heavy atom. The molecule has 4 nitrogen and oxygen atoms in total. The van der Waals surface area contributed by atoms with E-state index >= 15 is 0 Å². The summed E-state index contributed by atoms with van der Waals surface area (Å²) in [6, 6.07) is 0. The number of aliphatic hydroxyl groups is 2. The van der Waals surface area contributed by atoms with Crippen molar-refractivity contribution in [2.45, 2.75) is 18.9 Å². The quantitative estimate of drug-likeness (QED) is 0.513. The number of aliphatic hydroxyl groups excluding tert-OH is 2. The van der Waals surface area contributed by atoms with Gasteiger partial charge in [-0.3, -0.25) is 4.79 Å². The highest BCUT2D eigenvalue weighted by Gasteiger charge is 2.29. The van der Waals surface area contributed by atoms with Gasteiger partial charge in [0.05, 0.1) is 19.1 Å². The van der Waals surface area contributed by atoms with E-state index in [-0.39, 0.29) is 13.0 Å². The molecule has 0 amide bonds. The SMILES string of the molecule is O=C(O)CC1C(CO)=CCC1O. The molecule has 0 fully saturated rings. The van der Waals surface area contributed by atoms with Crippen LogP contribution in [0.3, 0.4) is 0 Å². The second kappa shape index (κ2) is 3.69. The number of hydrogen-bond donors (Lipinski definition) is 3. The van der Waals surface area contributed by atoms with Crippen molar-refractivity contribution in [1.29, 1.82) is 0 Å². The summed E-state index contributed by atoms with van der Waals surface area (Å²) in [6.45, 7) is -0.158. The first-order valence-corrected chi connectivity index (χ1v) is 3.84. The first-order chi connectivity index (χ1) is 5.65.